The molecule has 2 rings (SSSR count). The number of hydrogen-bond acceptors (Lipinski definition) is 3. The van der Waals surface area contributed by atoms with Crippen LogP contribution >= 0.6 is 0 Å². The topological polar surface area (TPSA) is 44.0 Å². The first-order valence-corrected chi connectivity index (χ1v) is 6.82. The predicted molar refractivity (Wildman–Crippen MR) is 80.7 cm³/mol. The van der Waals surface area contributed by atoms with Gasteiger partial charge in [0.25, 0.3) is 0 Å². The first-order valence-electron chi connectivity index (χ1n) is 6.82. The van der Waals surface area contributed by atoms with Gasteiger partial charge in [0.05, 0.1) is 6.20 Å². The fraction of sp³-hybridized carbons (Fsp3) is 0.400. The van der Waals surface area contributed by atoms with E-state index in [1.807, 2.05) is 13.1 Å². The van der Waals surface area contributed by atoms with E-state index in [9.17, 15) is 0 Å². The molecule has 0 aliphatic heterocycles. The number of hydrogen-bond donors (Lipinski definition) is 2. The summed E-state index contributed by atoms with van der Waals surface area (Å²) in [7, 11) is 0. The first-order chi connectivity index (χ1) is 9.24. The highest BCUT2D eigenvalue weighted by Gasteiger charge is 2.02. The van der Waals surface area contributed by atoms with Crippen molar-refractivity contribution in [1.82, 2.24) is 10.2 Å². The molecule has 1 aromatic heterocycles. The number of aromatic amines is 1. The molecule has 0 spiro atoms. The van der Waals surface area contributed by atoms with E-state index in [-0.39, 0.29) is 0 Å². The molecule has 19 heavy (non-hydrogen) atoms. The Hall–Kier alpha value is -1.97. The minimum absolute atomic E-state index is 0.799. The summed E-state index contributed by atoms with van der Waals surface area (Å²) in [4.78, 5) is 2.34. The standard InChI is InChI=1S/C15H22N4/c1-4-19(5-2)15-8-6-14(7-9-15)16-10-13-11-17-18-12(13)3/h6-9,11,16H,4-5,10H2,1-3H3,(H,17,18). The van der Waals surface area contributed by atoms with Crippen LogP contribution in [0.5, 0.6) is 0 Å². The Morgan fingerprint density at radius 1 is 1.16 bits per heavy atom. The fourth-order valence-corrected chi connectivity index (χ4v) is 2.13. The number of aromatic nitrogens is 2. The van der Waals surface area contributed by atoms with E-state index in [0.717, 1.165) is 31.0 Å². The number of benzene rings is 1. The van der Waals surface area contributed by atoms with E-state index < -0.39 is 0 Å². The summed E-state index contributed by atoms with van der Waals surface area (Å²) in [6.07, 6.45) is 1.87. The van der Waals surface area contributed by atoms with Gasteiger partial charge in [-0.2, -0.15) is 5.10 Å². The van der Waals surface area contributed by atoms with Crippen LogP contribution in [0.2, 0.25) is 0 Å². The van der Waals surface area contributed by atoms with Gasteiger partial charge in [-0.15, -0.1) is 0 Å². The van der Waals surface area contributed by atoms with Crippen LogP contribution < -0.4 is 10.2 Å². The fourth-order valence-electron chi connectivity index (χ4n) is 2.13. The molecule has 4 nitrogen and oxygen atoms in total. The van der Waals surface area contributed by atoms with Crippen LogP contribution in [-0.2, 0) is 6.54 Å². The lowest BCUT2D eigenvalue weighted by Gasteiger charge is -2.21. The van der Waals surface area contributed by atoms with Gasteiger partial charge in [0, 0.05) is 42.3 Å². The Labute approximate surface area is 114 Å². The van der Waals surface area contributed by atoms with Crippen molar-refractivity contribution < 1.29 is 0 Å². The Balaban J connectivity index is 1.97. The summed E-state index contributed by atoms with van der Waals surface area (Å²) in [6, 6.07) is 8.58. The molecule has 1 aromatic carbocycles. The zero-order valence-corrected chi connectivity index (χ0v) is 11.9. The van der Waals surface area contributed by atoms with Gasteiger partial charge in [0.2, 0.25) is 0 Å². The minimum atomic E-state index is 0.799. The number of aryl methyl sites for hydroxylation is 1. The number of rotatable bonds is 6. The average molecular weight is 258 g/mol. The third-order valence-electron chi connectivity index (χ3n) is 3.41. The van der Waals surface area contributed by atoms with Crippen molar-refractivity contribution >= 4 is 11.4 Å². The van der Waals surface area contributed by atoms with Crippen LogP contribution in [-0.4, -0.2) is 23.3 Å². The van der Waals surface area contributed by atoms with Gasteiger partial charge in [-0.05, 0) is 45.0 Å². The van der Waals surface area contributed by atoms with Gasteiger partial charge < -0.3 is 10.2 Å². The van der Waals surface area contributed by atoms with E-state index in [1.54, 1.807) is 0 Å². The maximum Gasteiger partial charge on any atom is 0.0539 e. The molecule has 0 amide bonds. The van der Waals surface area contributed by atoms with Gasteiger partial charge in [0.15, 0.2) is 0 Å². The average Bonchev–Trinajstić information content (AvgIpc) is 2.85. The molecule has 0 unspecified atom stereocenters. The Bertz CT molecular complexity index is 497. The molecule has 0 bridgehead atoms. The third-order valence-corrected chi connectivity index (χ3v) is 3.41. The summed E-state index contributed by atoms with van der Waals surface area (Å²) < 4.78 is 0. The highest BCUT2D eigenvalue weighted by molar-refractivity contribution is 5.55. The van der Waals surface area contributed by atoms with Crippen molar-refractivity contribution in [2.75, 3.05) is 23.3 Å². The molecule has 0 saturated heterocycles. The van der Waals surface area contributed by atoms with Crippen LogP contribution in [0.4, 0.5) is 11.4 Å². The van der Waals surface area contributed by atoms with Crippen LogP contribution in [0.25, 0.3) is 0 Å². The van der Waals surface area contributed by atoms with E-state index in [2.05, 4.69) is 58.5 Å². The predicted octanol–water partition coefficient (Wildman–Crippen LogP) is 3.18. The van der Waals surface area contributed by atoms with Crippen LogP contribution in [0.3, 0.4) is 0 Å². The summed E-state index contributed by atoms with van der Waals surface area (Å²) in [5.74, 6) is 0. The Morgan fingerprint density at radius 3 is 2.37 bits per heavy atom. The maximum atomic E-state index is 4.02. The zero-order valence-electron chi connectivity index (χ0n) is 11.9. The van der Waals surface area contributed by atoms with Gasteiger partial charge in [-0.25, -0.2) is 0 Å². The first kappa shape index (κ1) is 13.5. The quantitative estimate of drug-likeness (QED) is 0.836. The van der Waals surface area contributed by atoms with Gasteiger partial charge in [0.1, 0.15) is 0 Å². The monoisotopic (exact) mass is 258 g/mol. The second-order valence-electron chi connectivity index (χ2n) is 4.59. The summed E-state index contributed by atoms with van der Waals surface area (Å²) in [6.45, 7) is 9.27. The molecule has 0 saturated carbocycles. The summed E-state index contributed by atoms with van der Waals surface area (Å²) in [5.41, 5.74) is 4.73. The smallest absolute Gasteiger partial charge is 0.0539 e. The lowest BCUT2D eigenvalue weighted by atomic mass is 10.2. The highest BCUT2D eigenvalue weighted by Crippen LogP contribution is 2.18. The van der Waals surface area contributed by atoms with Crippen molar-refractivity contribution in [3.63, 3.8) is 0 Å². The number of H-pyrrole nitrogens is 1. The molecule has 4 heteroatoms. The number of anilines is 2. The molecule has 0 aliphatic rings. The largest absolute Gasteiger partial charge is 0.381 e. The lowest BCUT2D eigenvalue weighted by Crippen LogP contribution is -2.21. The van der Waals surface area contributed by atoms with Crippen molar-refractivity contribution in [3.05, 3.63) is 41.7 Å². The number of nitrogens with zero attached hydrogens (tertiary/aromatic N) is 2. The molecule has 0 radical (unpaired) electrons. The molecule has 1 heterocycles. The molecule has 0 aliphatic carbocycles. The molecule has 2 N–H and O–H groups in total. The molecule has 2 aromatic rings. The zero-order chi connectivity index (χ0) is 13.7. The highest BCUT2D eigenvalue weighted by atomic mass is 15.1. The lowest BCUT2D eigenvalue weighted by molar-refractivity contribution is 0.866. The minimum Gasteiger partial charge on any atom is -0.381 e. The number of nitrogens with one attached hydrogen (secondary N) is 2. The molecular weight excluding hydrogens is 236 g/mol. The molecule has 102 valence electrons. The molecule has 0 atom stereocenters. The maximum absolute atomic E-state index is 4.02. The van der Waals surface area contributed by atoms with E-state index >= 15 is 0 Å². The van der Waals surface area contributed by atoms with Gasteiger partial charge in [-0.3, -0.25) is 5.10 Å². The van der Waals surface area contributed by atoms with Crippen molar-refractivity contribution in [1.29, 1.82) is 0 Å². The van der Waals surface area contributed by atoms with Crippen molar-refractivity contribution in [2.24, 2.45) is 0 Å². The second kappa shape index (κ2) is 6.27. The van der Waals surface area contributed by atoms with Crippen LogP contribution in [0.1, 0.15) is 25.1 Å². The van der Waals surface area contributed by atoms with Gasteiger partial charge >= 0.3 is 0 Å². The Kier molecular flexibility index (Phi) is 4.44. The molecule has 0 fully saturated rings. The SMILES string of the molecule is CCN(CC)c1ccc(NCc2cn[nH]c2C)cc1. The summed E-state index contributed by atoms with van der Waals surface area (Å²) in [5, 5.41) is 10.4. The normalized spacial score (nSPS) is 10.5. The van der Waals surface area contributed by atoms with Gasteiger partial charge in [-0.1, -0.05) is 0 Å². The van der Waals surface area contributed by atoms with Crippen LogP contribution in [0.15, 0.2) is 30.5 Å². The summed E-state index contributed by atoms with van der Waals surface area (Å²) >= 11 is 0. The van der Waals surface area contributed by atoms with E-state index in [4.69, 9.17) is 0 Å². The second-order valence-corrected chi connectivity index (χ2v) is 4.59. The third kappa shape index (κ3) is 3.28. The van der Waals surface area contributed by atoms with E-state index in [0.29, 0.717) is 0 Å². The van der Waals surface area contributed by atoms with E-state index in [1.165, 1.54) is 11.3 Å². The molecular formula is C15H22N4. The van der Waals surface area contributed by atoms with Crippen molar-refractivity contribution in [3.8, 4) is 0 Å². The van der Waals surface area contributed by atoms with Crippen molar-refractivity contribution in [2.45, 2.75) is 27.3 Å². The van der Waals surface area contributed by atoms with Crippen LogP contribution in [0, 0.1) is 6.92 Å². The Morgan fingerprint density at radius 2 is 1.84 bits per heavy atom.